The summed E-state index contributed by atoms with van der Waals surface area (Å²) in [5, 5.41) is 8.61. The van der Waals surface area contributed by atoms with Crippen LogP contribution in [0.15, 0.2) is 24.3 Å². The van der Waals surface area contributed by atoms with Crippen LogP contribution in [0.3, 0.4) is 0 Å². The van der Waals surface area contributed by atoms with Crippen molar-refractivity contribution in [2.24, 2.45) is 5.73 Å². The highest BCUT2D eigenvalue weighted by molar-refractivity contribution is 6.00. The zero-order valence-corrected chi connectivity index (χ0v) is 7.73. The van der Waals surface area contributed by atoms with E-state index in [1.807, 2.05) is 0 Å². The summed E-state index contributed by atoms with van der Waals surface area (Å²) in [4.78, 5) is 21.9. The summed E-state index contributed by atoms with van der Waals surface area (Å²) < 4.78 is 0. The molecule has 0 amide bonds. The van der Waals surface area contributed by atoms with E-state index in [-0.39, 0.29) is 11.3 Å². The third kappa shape index (κ3) is 2.17. The van der Waals surface area contributed by atoms with Gasteiger partial charge < -0.3 is 10.8 Å². The Morgan fingerprint density at radius 2 is 1.64 bits per heavy atom. The minimum Gasteiger partial charge on any atom is -0.478 e. The largest absolute Gasteiger partial charge is 0.478 e. The van der Waals surface area contributed by atoms with E-state index in [1.54, 1.807) is 6.92 Å². The normalized spacial score (nSPS) is 12.1. The number of hydrogen-bond acceptors (Lipinski definition) is 3. The number of nitrogens with two attached hydrogens (primary N) is 1. The Morgan fingerprint density at radius 3 is 2.00 bits per heavy atom. The number of ketones is 1. The maximum absolute atomic E-state index is 11.4. The first-order valence-corrected chi connectivity index (χ1v) is 4.15. The van der Waals surface area contributed by atoms with Gasteiger partial charge >= 0.3 is 5.97 Å². The van der Waals surface area contributed by atoms with Gasteiger partial charge in [0, 0.05) is 5.56 Å². The van der Waals surface area contributed by atoms with E-state index >= 15 is 0 Å². The highest BCUT2D eigenvalue weighted by Crippen LogP contribution is 2.06. The number of hydrogen-bond donors (Lipinski definition) is 2. The lowest BCUT2D eigenvalue weighted by molar-refractivity contribution is 0.0696. The number of rotatable bonds is 3. The van der Waals surface area contributed by atoms with Crippen LogP contribution in [0.2, 0.25) is 0 Å². The van der Waals surface area contributed by atoms with Crippen molar-refractivity contribution < 1.29 is 14.7 Å². The minimum atomic E-state index is -1.01. The molecule has 0 aliphatic heterocycles. The molecule has 1 aromatic carbocycles. The van der Waals surface area contributed by atoms with Crippen molar-refractivity contribution in [1.82, 2.24) is 0 Å². The Kier molecular flexibility index (Phi) is 2.99. The van der Waals surface area contributed by atoms with Gasteiger partial charge in [-0.2, -0.15) is 0 Å². The zero-order chi connectivity index (χ0) is 10.7. The van der Waals surface area contributed by atoms with Crippen molar-refractivity contribution >= 4 is 11.8 Å². The Bertz CT molecular complexity index is 354. The van der Waals surface area contributed by atoms with Gasteiger partial charge in [0.25, 0.3) is 0 Å². The van der Waals surface area contributed by atoms with Crippen molar-refractivity contribution in [2.75, 3.05) is 0 Å². The SMILES string of the molecule is C[C@H](N)C(=O)c1ccc(C(=O)O)cc1. The number of carboxylic acid groups (broad SMARTS) is 1. The van der Waals surface area contributed by atoms with E-state index in [9.17, 15) is 9.59 Å². The number of benzene rings is 1. The monoisotopic (exact) mass is 193 g/mol. The number of carbonyl (C=O) groups excluding carboxylic acids is 1. The first-order valence-electron chi connectivity index (χ1n) is 4.15. The van der Waals surface area contributed by atoms with Crippen molar-refractivity contribution in [3.63, 3.8) is 0 Å². The van der Waals surface area contributed by atoms with Gasteiger partial charge in [-0.25, -0.2) is 4.79 Å². The molecule has 0 saturated heterocycles. The summed E-state index contributed by atoms with van der Waals surface area (Å²) in [6.45, 7) is 1.59. The van der Waals surface area contributed by atoms with Crippen LogP contribution in [0, 0.1) is 0 Å². The lowest BCUT2D eigenvalue weighted by atomic mass is 10.0. The summed E-state index contributed by atoms with van der Waals surface area (Å²) >= 11 is 0. The Morgan fingerprint density at radius 1 is 1.21 bits per heavy atom. The van der Waals surface area contributed by atoms with E-state index in [1.165, 1.54) is 24.3 Å². The summed E-state index contributed by atoms with van der Waals surface area (Å²) in [7, 11) is 0. The lowest BCUT2D eigenvalue weighted by Gasteiger charge is -2.03. The van der Waals surface area contributed by atoms with E-state index < -0.39 is 12.0 Å². The molecule has 0 aromatic heterocycles. The van der Waals surface area contributed by atoms with Crippen LogP contribution < -0.4 is 5.73 Å². The second-order valence-electron chi connectivity index (χ2n) is 3.04. The molecule has 0 aliphatic rings. The molecule has 1 rings (SSSR count). The van der Waals surface area contributed by atoms with Gasteiger partial charge in [-0.05, 0) is 19.1 Å². The maximum Gasteiger partial charge on any atom is 0.335 e. The molecule has 0 heterocycles. The summed E-state index contributed by atoms with van der Waals surface area (Å²) in [5.74, 6) is -1.20. The molecule has 1 atom stereocenters. The topological polar surface area (TPSA) is 80.4 Å². The van der Waals surface area contributed by atoms with Gasteiger partial charge in [0.2, 0.25) is 0 Å². The highest BCUT2D eigenvalue weighted by atomic mass is 16.4. The molecule has 0 unspecified atom stereocenters. The molecule has 1 aromatic rings. The summed E-state index contributed by atoms with van der Waals surface area (Å²) in [6, 6.07) is 5.14. The van der Waals surface area contributed by atoms with Gasteiger partial charge in [0.05, 0.1) is 11.6 Å². The molecule has 4 heteroatoms. The summed E-state index contributed by atoms with van der Waals surface area (Å²) in [5.41, 5.74) is 5.99. The van der Waals surface area contributed by atoms with E-state index in [0.717, 1.165) is 0 Å². The maximum atomic E-state index is 11.4. The highest BCUT2D eigenvalue weighted by Gasteiger charge is 2.11. The van der Waals surface area contributed by atoms with Gasteiger partial charge in [-0.3, -0.25) is 4.79 Å². The van der Waals surface area contributed by atoms with Crippen LogP contribution in [0.5, 0.6) is 0 Å². The number of carboxylic acids is 1. The fourth-order valence-corrected chi connectivity index (χ4v) is 1.04. The molecule has 14 heavy (non-hydrogen) atoms. The minimum absolute atomic E-state index is 0.159. The molecular weight excluding hydrogens is 182 g/mol. The van der Waals surface area contributed by atoms with Crippen LogP contribution >= 0.6 is 0 Å². The van der Waals surface area contributed by atoms with Gasteiger partial charge in [-0.15, -0.1) is 0 Å². The van der Waals surface area contributed by atoms with Crippen molar-refractivity contribution in [2.45, 2.75) is 13.0 Å². The quantitative estimate of drug-likeness (QED) is 0.699. The fraction of sp³-hybridized carbons (Fsp3) is 0.200. The van der Waals surface area contributed by atoms with Gasteiger partial charge in [0.15, 0.2) is 5.78 Å². The average Bonchev–Trinajstić information content (AvgIpc) is 2.16. The predicted molar refractivity (Wildman–Crippen MR) is 51.4 cm³/mol. The standard InChI is InChI=1S/C10H11NO3/c1-6(11)9(12)7-2-4-8(5-3-7)10(13)14/h2-6H,11H2,1H3,(H,13,14)/t6-/m0/s1. The zero-order valence-electron chi connectivity index (χ0n) is 7.73. The fourth-order valence-electron chi connectivity index (χ4n) is 1.04. The van der Waals surface area contributed by atoms with Crippen molar-refractivity contribution in [1.29, 1.82) is 0 Å². The van der Waals surface area contributed by atoms with Crippen molar-refractivity contribution in [3.8, 4) is 0 Å². The predicted octanol–water partition coefficient (Wildman–Crippen LogP) is 0.915. The molecular formula is C10H11NO3. The molecule has 0 aliphatic carbocycles. The molecule has 0 fully saturated rings. The third-order valence-corrected chi connectivity index (χ3v) is 1.83. The number of aromatic carboxylic acids is 1. The van der Waals surface area contributed by atoms with E-state index in [4.69, 9.17) is 10.8 Å². The second kappa shape index (κ2) is 4.02. The molecule has 74 valence electrons. The molecule has 0 spiro atoms. The smallest absolute Gasteiger partial charge is 0.335 e. The van der Waals surface area contributed by atoms with Crippen LogP contribution in [0.25, 0.3) is 0 Å². The van der Waals surface area contributed by atoms with Crippen LogP contribution in [-0.2, 0) is 0 Å². The Labute approximate surface area is 81.3 Å². The second-order valence-corrected chi connectivity index (χ2v) is 3.04. The van der Waals surface area contributed by atoms with E-state index in [2.05, 4.69) is 0 Å². The molecule has 0 radical (unpaired) electrons. The molecule has 4 nitrogen and oxygen atoms in total. The number of Topliss-reactive ketones (excluding diaryl/α,β-unsaturated/α-hetero) is 1. The third-order valence-electron chi connectivity index (χ3n) is 1.83. The van der Waals surface area contributed by atoms with Crippen molar-refractivity contribution in [3.05, 3.63) is 35.4 Å². The van der Waals surface area contributed by atoms with E-state index in [0.29, 0.717) is 5.56 Å². The van der Waals surface area contributed by atoms with Crippen LogP contribution in [0.4, 0.5) is 0 Å². The summed E-state index contributed by atoms with van der Waals surface area (Å²) in [6.07, 6.45) is 0. The number of carbonyl (C=O) groups is 2. The van der Waals surface area contributed by atoms with Gasteiger partial charge in [-0.1, -0.05) is 12.1 Å². The average molecular weight is 193 g/mol. The van der Waals surface area contributed by atoms with Gasteiger partial charge in [0.1, 0.15) is 0 Å². The Hall–Kier alpha value is -1.68. The van der Waals surface area contributed by atoms with Crippen LogP contribution in [-0.4, -0.2) is 22.9 Å². The van der Waals surface area contributed by atoms with Crippen LogP contribution in [0.1, 0.15) is 27.6 Å². The molecule has 3 N–H and O–H groups in total. The molecule has 0 saturated carbocycles. The lowest BCUT2D eigenvalue weighted by Crippen LogP contribution is -2.26. The molecule has 0 bridgehead atoms. The Balaban J connectivity index is 2.94. The first-order chi connectivity index (χ1) is 6.52. The first kappa shape index (κ1) is 10.4.